The van der Waals surface area contributed by atoms with Crippen molar-refractivity contribution >= 4 is 5.78 Å². The summed E-state index contributed by atoms with van der Waals surface area (Å²) in [5, 5.41) is 0. The Labute approximate surface area is 149 Å². The molecule has 0 heterocycles. The van der Waals surface area contributed by atoms with Gasteiger partial charge in [0, 0.05) is 11.1 Å². The van der Waals surface area contributed by atoms with E-state index in [1.54, 1.807) is 43.5 Å². The lowest BCUT2D eigenvalue weighted by Crippen LogP contribution is -2.01. The molecule has 130 valence electrons. The van der Waals surface area contributed by atoms with Crippen LogP contribution in [0.5, 0.6) is 17.2 Å². The smallest absolute Gasteiger partial charge is 0.193 e. The Morgan fingerprint density at radius 3 is 1.80 bits per heavy atom. The number of ether oxygens (including phenoxy) is 2. The fourth-order valence-electron chi connectivity index (χ4n) is 1.98. The number of Topliss-reactive ketones (excluding diaryl/α,β-unsaturated/α-hetero) is 1. The molecule has 0 saturated heterocycles. The molecule has 2 aromatic carbocycles. The first-order chi connectivity index (χ1) is 12.2. The highest BCUT2D eigenvalue weighted by Gasteiger charge is 2.09. The van der Waals surface area contributed by atoms with Gasteiger partial charge in [0.05, 0.1) is 7.11 Å². The van der Waals surface area contributed by atoms with Crippen molar-refractivity contribution in [1.82, 2.24) is 0 Å². The normalized spacial score (nSPS) is 10.1. The van der Waals surface area contributed by atoms with Crippen LogP contribution in [0.4, 0.5) is 0 Å². The molecule has 25 heavy (non-hydrogen) atoms. The van der Waals surface area contributed by atoms with Gasteiger partial charge in [0.1, 0.15) is 17.2 Å². The predicted octanol–water partition coefficient (Wildman–Crippen LogP) is 5.99. The van der Waals surface area contributed by atoms with Crippen molar-refractivity contribution in [2.24, 2.45) is 0 Å². The van der Waals surface area contributed by atoms with Gasteiger partial charge in [0.2, 0.25) is 0 Å². The zero-order valence-electron chi connectivity index (χ0n) is 15.0. The van der Waals surface area contributed by atoms with E-state index >= 15 is 0 Å². The highest BCUT2D eigenvalue weighted by atomic mass is 16.5. The molecule has 0 unspecified atom stereocenters. The van der Waals surface area contributed by atoms with E-state index < -0.39 is 0 Å². The predicted molar refractivity (Wildman–Crippen MR) is 104 cm³/mol. The summed E-state index contributed by atoms with van der Waals surface area (Å²) >= 11 is 0. The second-order valence-corrected chi connectivity index (χ2v) is 4.69. The third-order valence-corrected chi connectivity index (χ3v) is 3.19. The van der Waals surface area contributed by atoms with Crippen molar-refractivity contribution in [3.63, 3.8) is 0 Å². The molecule has 0 aromatic heterocycles. The molecule has 0 saturated carbocycles. The van der Waals surface area contributed by atoms with Crippen molar-refractivity contribution in [3.05, 3.63) is 91.1 Å². The molecule has 0 atom stereocenters. The number of methoxy groups -OCH3 is 1. The summed E-state index contributed by atoms with van der Waals surface area (Å²) in [7, 11) is 1.61. The standard InChI is InChI=1S/C20H18O3.C2H6/c1-4-6-15(5-2)20(21)16-7-9-18(10-8-16)23-19-13-11-17(22-3)12-14-19;1-2/h4-14H,1-2H2,3H3;1-2H3/b15-6+;. The molecule has 2 rings (SSSR count). The van der Waals surface area contributed by atoms with Crippen LogP contribution in [-0.4, -0.2) is 12.9 Å². The number of carbonyl (C=O) groups is 1. The maximum atomic E-state index is 12.3. The number of benzene rings is 2. The van der Waals surface area contributed by atoms with Crippen molar-refractivity contribution in [1.29, 1.82) is 0 Å². The molecule has 0 radical (unpaired) electrons. The molecule has 0 amide bonds. The first kappa shape index (κ1) is 20.0. The summed E-state index contributed by atoms with van der Waals surface area (Å²) < 4.78 is 10.8. The fraction of sp³-hybridized carbons (Fsp3) is 0.136. The fourth-order valence-corrected chi connectivity index (χ4v) is 1.98. The summed E-state index contributed by atoms with van der Waals surface area (Å²) in [6, 6.07) is 14.2. The minimum absolute atomic E-state index is 0.101. The average Bonchev–Trinajstić information content (AvgIpc) is 2.68. The lowest BCUT2D eigenvalue weighted by Gasteiger charge is -2.07. The number of carbonyl (C=O) groups excluding carboxylic acids is 1. The van der Waals surface area contributed by atoms with Crippen LogP contribution >= 0.6 is 0 Å². The quantitative estimate of drug-likeness (QED) is 0.354. The summed E-state index contributed by atoms with van der Waals surface area (Å²) in [6.07, 6.45) is 4.72. The lowest BCUT2D eigenvalue weighted by molar-refractivity contribution is 0.103. The summed E-state index contributed by atoms with van der Waals surface area (Å²) in [5.41, 5.74) is 1.07. The average molecular weight is 336 g/mol. The Kier molecular flexibility index (Phi) is 8.52. The number of hydrogen-bond donors (Lipinski definition) is 0. The topological polar surface area (TPSA) is 35.5 Å². The maximum absolute atomic E-state index is 12.3. The molecule has 0 spiro atoms. The number of ketones is 1. The Morgan fingerprint density at radius 1 is 0.880 bits per heavy atom. The zero-order valence-corrected chi connectivity index (χ0v) is 15.0. The van der Waals surface area contributed by atoms with Gasteiger partial charge in [-0.1, -0.05) is 45.2 Å². The second-order valence-electron chi connectivity index (χ2n) is 4.69. The highest BCUT2D eigenvalue weighted by molar-refractivity contribution is 6.10. The van der Waals surface area contributed by atoms with Crippen LogP contribution in [0.3, 0.4) is 0 Å². The van der Waals surface area contributed by atoms with Gasteiger partial charge in [-0.2, -0.15) is 0 Å². The monoisotopic (exact) mass is 336 g/mol. The van der Waals surface area contributed by atoms with E-state index in [0.717, 1.165) is 5.75 Å². The molecule has 0 aliphatic carbocycles. The largest absolute Gasteiger partial charge is 0.497 e. The number of hydrogen-bond acceptors (Lipinski definition) is 3. The van der Waals surface area contributed by atoms with Crippen LogP contribution in [-0.2, 0) is 0 Å². The van der Waals surface area contributed by atoms with Crippen molar-refractivity contribution in [3.8, 4) is 17.2 Å². The Hall–Kier alpha value is -3.07. The molecule has 0 bridgehead atoms. The van der Waals surface area contributed by atoms with E-state index in [-0.39, 0.29) is 5.78 Å². The van der Waals surface area contributed by atoms with Gasteiger partial charge in [0.15, 0.2) is 5.78 Å². The first-order valence-corrected chi connectivity index (χ1v) is 8.09. The van der Waals surface area contributed by atoms with Crippen LogP contribution in [0.25, 0.3) is 0 Å². The number of rotatable bonds is 7. The Balaban J connectivity index is 0.00000151. The molecule has 0 aliphatic heterocycles. The molecular weight excluding hydrogens is 312 g/mol. The molecule has 3 nitrogen and oxygen atoms in total. The van der Waals surface area contributed by atoms with E-state index in [1.165, 1.54) is 6.08 Å². The Bertz CT molecular complexity index is 723. The third-order valence-electron chi connectivity index (χ3n) is 3.19. The van der Waals surface area contributed by atoms with Crippen molar-refractivity contribution in [2.75, 3.05) is 7.11 Å². The van der Waals surface area contributed by atoms with Gasteiger partial charge >= 0.3 is 0 Å². The summed E-state index contributed by atoms with van der Waals surface area (Å²) in [5.74, 6) is 2.02. The summed E-state index contributed by atoms with van der Waals surface area (Å²) in [6.45, 7) is 11.2. The SMILES string of the molecule is C=C/C=C(\C=C)C(=O)c1ccc(Oc2ccc(OC)cc2)cc1.CC. The van der Waals surface area contributed by atoms with Crippen molar-refractivity contribution in [2.45, 2.75) is 13.8 Å². The van der Waals surface area contributed by atoms with E-state index in [2.05, 4.69) is 13.2 Å². The van der Waals surface area contributed by atoms with E-state index in [1.807, 2.05) is 38.1 Å². The third kappa shape index (κ3) is 5.81. The van der Waals surface area contributed by atoms with Crippen LogP contribution < -0.4 is 9.47 Å². The first-order valence-electron chi connectivity index (χ1n) is 8.09. The highest BCUT2D eigenvalue weighted by Crippen LogP contribution is 2.24. The van der Waals surface area contributed by atoms with Crippen LogP contribution in [0.1, 0.15) is 24.2 Å². The summed E-state index contributed by atoms with van der Waals surface area (Å²) in [4.78, 5) is 12.3. The van der Waals surface area contributed by atoms with Gasteiger partial charge in [-0.3, -0.25) is 4.79 Å². The molecule has 0 fully saturated rings. The van der Waals surface area contributed by atoms with E-state index in [0.29, 0.717) is 22.6 Å². The van der Waals surface area contributed by atoms with Gasteiger partial charge in [0.25, 0.3) is 0 Å². The molecule has 2 aromatic rings. The van der Waals surface area contributed by atoms with Gasteiger partial charge in [-0.05, 0) is 48.5 Å². The molecule has 3 heteroatoms. The van der Waals surface area contributed by atoms with Crippen LogP contribution in [0, 0.1) is 0 Å². The molecular formula is C22H24O3. The second kappa shape index (κ2) is 10.7. The molecule has 0 N–H and O–H groups in total. The minimum Gasteiger partial charge on any atom is -0.497 e. The van der Waals surface area contributed by atoms with E-state index in [9.17, 15) is 4.79 Å². The van der Waals surface area contributed by atoms with E-state index in [4.69, 9.17) is 9.47 Å². The lowest BCUT2D eigenvalue weighted by atomic mass is 10.0. The zero-order chi connectivity index (χ0) is 18.7. The van der Waals surface area contributed by atoms with Gasteiger partial charge < -0.3 is 9.47 Å². The Morgan fingerprint density at radius 2 is 1.36 bits per heavy atom. The van der Waals surface area contributed by atoms with Gasteiger partial charge in [-0.15, -0.1) is 0 Å². The van der Waals surface area contributed by atoms with Crippen LogP contribution in [0.15, 0.2) is 85.5 Å². The number of allylic oxidation sites excluding steroid dienone is 4. The minimum atomic E-state index is -0.101. The van der Waals surface area contributed by atoms with Crippen molar-refractivity contribution < 1.29 is 14.3 Å². The van der Waals surface area contributed by atoms with Crippen LogP contribution in [0.2, 0.25) is 0 Å². The maximum Gasteiger partial charge on any atom is 0.193 e. The van der Waals surface area contributed by atoms with Gasteiger partial charge in [-0.25, -0.2) is 0 Å². The molecule has 0 aliphatic rings.